The Morgan fingerprint density at radius 1 is 1.16 bits per heavy atom. The number of rotatable bonds is 4. The van der Waals surface area contributed by atoms with Crippen molar-refractivity contribution in [3.8, 4) is 0 Å². The van der Waals surface area contributed by atoms with E-state index in [2.05, 4.69) is 63.2 Å². The van der Waals surface area contributed by atoms with Crippen molar-refractivity contribution in [3.63, 3.8) is 0 Å². The molecule has 0 aromatic heterocycles. The molecular weight excluding hydrogens is 232 g/mol. The van der Waals surface area contributed by atoms with Crippen LogP contribution in [0.5, 0.6) is 0 Å². The summed E-state index contributed by atoms with van der Waals surface area (Å²) in [5.41, 5.74) is 4.23. The van der Waals surface area contributed by atoms with Gasteiger partial charge in [-0.2, -0.15) is 0 Å². The van der Waals surface area contributed by atoms with Crippen LogP contribution in [0.3, 0.4) is 0 Å². The molecule has 0 bridgehead atoms. The molecule has 1 fully saturated rings. The first-order chi connectivity index (χ1) is 8.97. The average Bonchev–Trinajstić information content (AvgIpc) is 2.74. The molecule has 1 aliphatic rings. The van der Waals surface area contributed by atoms with Gasteiger partial charge in [0.05, 0.1) is 0 Å². The van der Waals surface area contributed by atoms with Crippen molar-refractivity contribution in [2.75, 3.05) is 25.5 Å². The van der Waals surface area contributed by atoms with Crippen LogP contribution in [0.4, 0.5) is 5.69 Å². The molecule has 1 atom stereocenters. The predicted molar refractivity (Wildman–Crippen MR) is 84.1 cm³/mol. The maximum atomic E-state index is 3.75. The molecule has 2 heteroatoms. The van der Waals surface area contributed by atoms with Gasteiger partial charge in [-0.05, 0) is 49.0 Å². The molecule has 1 aliphatic heterocycles. The second-order valence-corrected chi connectivity index (χ2v) is 6.55. The summed E-state index contributed by atoms with van der Waals surface area (Å²) in [5.74, 6) is 1.17. The Bertz CT molecular complexity index is 423. The maximum Gasteiger partial charge on any atom is 0.0400 e. The first kappa shape index (κ1) is 14.4. The number of likely N-dealkylation sites (N-methyl/N-ethyl adjacent to an activating group) is 1. The minimum atomic E-state index is 0.570. The minimum Gasteiger partial charge on any atom is -0.381 e. The quantitative estimate of drug-likeness (QED) is 0.878. The van der Waals surface area contributed by atoms with Gasteiger partial charge in [0.15, 0.2) is 0 Å². The molecule has 106 valence electrons. The van der Waals surface area contributed by atoms with Crippen LogP contribution in [-0.4, -0.2) is 31.1 Å². The standard InChI is InChI=1S/C17H28N2/c1-12(2)14-6-7-17(16(10-14)13(3)4)18-15-8-9-19(5)11-15/h6-7,10,12-13,15,18H,8-9,11H2,1-5H3. The molecular formula is C17H28N2. The number of hydrogen-bond acceptors (Lipinski definition) is 2. The lowest BCUT2D eigenvalue weighted by molar-refractivity contribution is 0.414. The van der Waals surface area contributed by atoms with Crippen LogP contribution in [0.25, 0.3) is 0 Å². The highest BCUT2D eigenvalue weighted by molar-refractivity contribution is 5.55. The number of nitrogens with one attached hydrogen (secondary N) is 1. The SMILES string of the molecule is CC(C)c1ccc(NC2CCN(C)C2)c(C(C)C)c1. The highest BCUT2D eigenvalue weighted by Gasteiger charge is 2.20. The van der Waals surface area contributed by atoms with E-state index in [4.69, 9.17) is 0 Å². The van der Waals surface area contributed by atoms with Gasteiger partial charge in [-0.1, -0.05) is 39.8 Å². The molecule has 0 amide bonds. The molecule has 2 rings (SSSR count). The molecule has 0 saturated carbocycles. The summed E-state index contributed by atoms with van der Waals surface area (Å²) in [5, 5.41) is 3.75. The summed E-state index contributed by atoms with van der Waals surface area (Å²) >= 11 is 0. The van der Waals surface area contributed by atoms with Crippen molar-refractivity contribution >= 4 is 5.69 Å². The van der Waals surface area contributed by atoms with Crippen molar-refractivity contribution in [1.29, 1.82) is 0 Å². The summed E-state index contributed by atoms with van der Waals surface area (Å²) < 4.78 is 0. The molecule has 1 saturated heterocycles. The largest absolute Gasteiger partial charge is 0.381 e. The molecule has 2 nitrogen and oxygen atoms in total. The minimum absolute atomic E-state index is 0.570. The Hall–Kier alpha value is -1.02. The zero-order chi connectivity index (χ0) is 14.0. The number of nitrogens with zero attached hydrogens (tertiary/aromatic N) is 1. The van der Waals surface area contributed by atoms with Crippen molar-refractivity contribution in [3.05, 3.63) is 29.3 Å². The molecule has 1 aromatic rings. The van der Waals surface area contributed by atoms with Crippen LogP contribution in [0.15, 0.2) is 18.2 Å². The molecule has 0 radical (unpaired) electrons. The van der Waals surface area contributed by atoms with E-state index in [-0.39, 0.29) is 0 Å². The third-order valence-electron chi connectivity index (χ3n) is 4.12. The summed E-state index contributed by atoms with van der Waals surface area (Å²) in [6, 6.07) is 7.55. The smallest absolute Gasteiger partial charge is 0.0400 e. The zero-order valence-corrected chi connectivity index (χ0v) is 13.0. The maximum absolute atomic E-state index is 3.75. The van der Waals surface area contributed by atoms with Gasteiger partial charge in [0.2, 0.25) is 0 Å². The Morgan fingerprint density at radius 3 is 2.42 bits per heavy atom. The Morgan fingerprint density at radius 2 is 1.89 bits per heavy atom. The van der Waals surface area contributed by atoms with Gasteiger partial charge in [0, 0.05) is 18.3 Å². The normalized spacial score (nSPS) is 20.5. The van der Waals surface area contributed by atoms with E-state index in [1.807, 2.05) is 0 Å². The van der Waals surface area contributed by atoms with E-state index >= 15 is 0 Å². The highest BCUT2D eigenvalue weighted by atomic mass is 15.2. The van der Waals surface area contributed by atoms with Crippen molar-refractivity contribution in [1.82, 2.24) is 4.90 Å². The Balaban J connectivity index is 2.19. The van der Waals surface area contributed by atoms with E-state index < -0.39 is 0 Å². The average molecular weight is 260 g/mol. The predicted octanol–water partition coefficient (Wildman–Crippen LogP) is 4.05. The van der Waals surface area contributed by atoms with Gasteiger partial charge in [-0.3, -0.25) is 0 Å². The van der Waals surface area contributed by atoms with Crippen molar-refractivity contribution < 1.29 is 0 Å². The van der Waals surface area contributed by atoms with Crippen LogP contribution in [0.1, 0.15) is 57.1 Å². The molecule has 0 aliphatic carbocycles. The van der Waals surface area contributed by atoms with Gasteiger partial charge in [0.1, 0.15) is 0 Å². The second-order valence-electron chi connectivity index (χ2n) is 6.55. The molecule has 1 unspecified atom stereocenters. The number of benzene rings is 1. The third-order valence-corrected chi connectivity index (χ3v) is 4.12. The van der Waals surface area contributed by atoms with Gasteiger partial charge >= 0.3 is 0 Å². The number of hydrogen-bond donors (Lipinski definition) is 1. The van der Waals surface area contributed by atoms with Gasteiger partial charge in [-0.25, -0.2) is 0 Å². The number of anilines is 1. The first-order valence-corrected chi connectivity index (χ1v) is 7.56. The molecule has 19 heavy (non-hydrogen) atoms. The molecule has 0 spiro atoms. The fourth-order valence-electron chi connectivity index (χ4n) is 2.82. The van der Waals surface area contributed by atoms with Crippen LogP contribution in [0, 0.1) is 0 Å². The monoisotopic (exact) mass is 260 g/mol. The highest BCUT2D eigenvalue weighted by Crippen LogP contribution is 2.29. The van der Waals surface area contributed by atoms with E-state index in [9.17, 15) is 0 Å². The summed E-state index contributed by atoms with van der Waals surface area (Å²) in [6.45, 7) is 11.5. The van der Waals surface area contributed by atoms with E-state index in [1.54, 1.807) is 0 Å². The lowest BCUT2D eigenvalue weighted by atomic mass is 9.94. The van der Waals surface area contributed by atoms with Gasteiger partial charge in [0.25, 0.3) is 0 Å². The Labute approximate surface area is 118 Å². The van der Waals surface area contributed by atoms with Crippen LogP contribution < -0.4 is 5.32 Å². The fourth-order valence-corrected chi connectivity index (χ4v) is 2.82. The third kappa shape index (κ3) is 3.50. The molecule has 1 aromatic carbocycles. The van der Waals surface area contributed by atoms with E-state index in [0.29, 0.717) is 17.9 Å². The van der Waals surface area contributed by atoms with Crippen molar-refractivity contribution in [2.24, 2.45) is 0 Å². The van der Waals surface area contributed by atoms with Gasteiger partial charge < -0.3 is 10.2 Å². The van der Waals surface area contributed by atoms with Gasteiger partial charge in [-0.15, -0.1) is 0 Å². The summed E-state index contributed by atoms with van der Waals surface area (Å²) in [6.07, 6.45) is 1.25. The van der Waals surface area contributed by atoms with Crippen LogP contribution in [0.2, 0.25) is 0 Å². The number of likely N-dealkylation sites (tertiary alicyclic amines) is 1. The summed E-state index contributed by atoms with van der Waals surface area (Å²) in [4.78, 5) is 2.40. The van der Waals surface area contributed by atoms with E-state index in [1.165, 1.54) is 29.8 Å². The van der Waals surface area contributed by atoms with Crippen LogP contribution in [-0.2, 0) is 0 Å². The van der Waals surface area contributed by atoms with Crippen molar-refractivity contribution in [2.45, 2.75) is 52.0 Å². The first-order valence-electron chi connectivity index (χ1n) is 7.56. The second kappa shape index (κ2) is 5.96. The Kier molecular flexibility index (Phi) is 4.51. The molecule has 1 heterocycles. The van der Waals surface area contributed by atoms with Crippen LogP contribution >= 0.6 is 0 Å². The zero-order valence-electron chi connectivity index (χ0n) is 13.0. The fraction of sp³-hybridized carbons (Fsp3) is 0.647. The lowest BCUT2D eigenvalue weighted by Crippen LogP contribution is -2.24. The van der Waals surface area contributed by atoms with E-state index in [0.717, 1.165) is 6.54 Å². The lowest BCUT2D eigenvalue weighted by Gasteiger charge is -2.21. The summed E-state index contributed by atoms with van der Waals surface area (Å²) in [7, 11) is 2.20. The topological polar surface area (TPSA) is 15.3 Å². The molecule has 1 N–H and O–H groups in total.